The molecule has 214 valence electrons. The van der Waals surface area contributed by atoms with Crippen LogP contribution in [0.1, 0.15) is 20.9 Å². The molecule has 0 bridgehead atoms. The van der Waals surface area contributed by atoms with Crippen LogP contribution in [0.5, 0.6) is 5.75 Å². The summed E-state index contributed by atoms with van der Waals surface area (Å²) in [4.78, 5) is 29.8. The standard InChI is InChI=1S/C32H31ClN6O2S/c1-20-7-5-9-23(17-20)31(40)36-24-10-6-8-22(18-24)29-30(42-21(2)35-29)27-13-14-34-32(38-27)37-25-11-12-28(26(33)19-25)41-16-15-39(3)4/h5-14,17-19H,15-16H2,1-4H3,(H,36,40)(H,34,37,38). The average Bonchev–Trinajstić information content (AvgIpc) is 3.36. The number of hydrogen-bond acceptors (Lipinski definition) is 8. The summed E-state index contributed by atoms with van der Waals surface area (Å²) in [5, 5.41) is 7.65. The number of halogens is 1. The van der Waals surface area contributed by atoms with Gasteiger partial charge in [0.2, 0.25) is 5.95 Å². The lowest BCUT2D eigenvalue weighted by atomic mass is 10.1. The van der Waals surface area contributed by atoms with Crippen molar-refractivity contribution in [2.24, 2.45) is 0 Å². The Balaban J connectivity index is 1.35. The van der Waals surface area contributed by atoms with Crippen LogP contribution in [0.25, 0.3) is 21.8 Å². The maximum atomic E-state index is 12.8. The number of rotatable bonds is 10. The van der Waals surface area contributed by atoms with Crippen molar-refractivity contribution in [3.05, 3.63) is 100 Å². The van der Waals surface area contributed by atoms with E-state index >= 15 is 0 Å². The Labute approximate surface area is 254 Å². The van der Waals surface area contributed by atoms with Gasteiger partial charge in [0.1, 0.15) is 12.4 Å². The molecule has 0 unspecified atom stereocenters. The molecule has 0 radical (unpaired) electrons. The van der Waals surface area contributed by atoms with Gasteiger partial charge in [-0.1, -0.05) is 41.4 Å². The molecule has 5 aromatic rings. The molecule has 0 atom stereocenters. The SMILES string of the molecule is Cc1cccc(C(=O)Nc2cccc(-c3nc(C)sc3-c3ccnc(Nc4ccc(OCCN(C)C)c(Cl)c4)n3)c2)c1. The van der Waals surface area contributed by atoms with E-state index in [0.29, 0.717) is 34.6 Å². The van der Waals surface area contributed by atoms with Gasteiger partial charge >= 0.3 is 0 Å². The highest BCUT2D eigenvalue weighted by atomic mass is 35.5. The lowest BCUT2D eigenvalue weighted by Gasteiger charge is -2.13. The summed E-state index contributed by atoms with van der Waals surface area (Å²) < 4.78 is 5.78. The normalized spacial score (nSPS) is 11.0. The van der Waals surface area contributed by atoms with Gasteiger partial charge in [-0.25, -0.2) is 15.0 Å². The van der Waals surface area contributed by atoms with Crippen molar-refractivity contribution in [1.82, 2.24) is 19.9 Å². The Bertz CT molecular complexity index is 1720. The van der Waals surface area contributed by atoms with E-state index < -0.39 is 0 Å². The first-order valence-electron chi connectivity index (χ1n) is 13.4. The summed E-state index contributed by atoms with van der Waals surface area (Å²) in [6, 6.07) is 22.6. The highest BCUT2D eigenvalue weighted by Crippen LogP contribution is 2.37. The molecule has 3 aromatic carbocycles. The molecule has 5 rings (SSSR count). The third-order valence-corrected chi connectivity index (χ3v) is 7.57. The van der Waals surface area contributed by atoms with E-state index in [1.54, 1.807) is 29.7 Å². The molecule has 0 aliphatic heterocycles. The van der Waals surface area contributed by atoms with Crippen molar-refractivity contribution in [3.63, 3.8) is 0 Å². The number of thiazole rings is 1. The van der Waals surface area contributed by atoms with E-state index in [0.717, 1.165) is 44.6 Å². The molecule has 0 aliphatic carbocycles. The minimum absolute atomic E-state index is 0.162. The third-order valence-electron chi connectivity index (χ3n) is 6.28. The van der Waals surface area contributed by atoms with E-state index in [1.807, 2.05) is 93.5 Å². The van der Waals surface area contributed by atoms with Crippen LogP contribution in [0.15, 0.2) is 79.0 Å². The zero-order valence-corrected chi connectivity index (χ0v) is 25.4. The number of benzene rings is 3. The second-order valence-electron chi connectivity index (χ2n) is 10.0. The third kappa shape index (κ3) is 7.30. The number of aromatic nitrogens is 3. The summed E-state index contributed by atoms with van der Waals surface area (Å²) in [5.41, 5.74) is 5.47. The Morgan fingerprint density at radius 1 is 0.976 bits per heavy atom. The number of carbonyl (C=O) groups is 1. The van der Waals surface area contributed by atoms with Gasteiger partial charge in [-0.2, -0.15) is 0 Å². The zero-order valence-electron chi connectivity index (χ0n) is 23.8. The average molecular weight is 599 g/mol. The number of amides is 1. The van der Waals surface area contributed by atoms with Crippen molar-refractivity contribution in [2.75, 3.05) is 37.9 Å². The molecule has 2 aromatic heterocycles. The van der Waals surface area contributed by atoms with Crippen molar-refractivity contribution < 1.29 is 9.53 Å². The molecule has 0 spiro atoms. The maximum absolute atomic E-state index is 12.8. The minimum Gasteiger partial charge on any atom is -0.491 e. The number of hydrogen-bond donors (Lipinski definition) is 2. The molecular weight excluding hydrogens is 568 g/mol. The van der Waals surface area contributed by atoms with Gasteiger partial charge in [0.25, 0.3) is 5.91 Å². The lowest BCUT2D eigenvalue weighted by molar-refractivity contribution is 0.102. The summed E-state index contributed by atoms with van der Waals surface area (Å²) in [5.74, 6) is 0.896. The first-order valence-corrected chi connectivity index (χ1v) is 14.6. The second-order valence-corrected chi connectivity index (χ2v) is 11.6. The number of carbonyl (C=O) groups excluding carboxylic acids is 1. The van der Waals surface area contributed by atoms with Gasteiger partial charge < -0.3 is 20.3 Å². The minimum atomic E-state index is -0.162. The molecule has 2 heterocycles. The van der Waals surface area contributed by atoms with E-state index in [1.165, 1.54) is 0 Å². The number of aryl methyl sites for hydroxylation is 2. The fraction of sp³-hybridized carbons (Fsp3) is 0.188. The molecule has 0 aliphatic rings. The molecule has 8 nitrogen and oxygen atoms in total. The quantitative estimate of drug-likeness (QED) is 0.172. The Morgan fingerprint density at radius 2 is 1.81 bits per heavy atom. The van der Waals surface area contributed by atoms with Crippen molar-refractivity contribution in [2.45, 2.75) is 13.8 Å². The largest absolute Gasteiger partial charge is 0.491 e. The summed E-state index contributed by atoms with van der Waals surface area (Å²) >= 11 is 8.02. The molecule has 10 heteroatoms. The van der Waals surface area contributed by atoms with Crippen LogP contribution in [-0.2, 0) is 0 Å². The van der Waals surface area contributed by atoms with E-state index in [4.69, 9.17) is 26.3 Å². The van der Waals surface area contributed by atoms with Gasteiger partial charge in [-0.15, -0.1) is 11.3 Å². The van der Waals surface area contributed by atoms with Crippen LogP contribution < -0.4 is 15.4 Å². The van der Waals surface area contributed by atoms with Crippen LogP contribution in [0.4, 0.5) is 17.3 Å². The van der Waals surface area contributed by atoms with Crippen LogP contribution >= 0.6 is 22.9 Å². The molecule has 0 saturated carbocycles. The smallest absolute Gasteiger partial charge is 0.255 e. The molecule has 2 N–H and O–H groups in total. The predicted octanol–water partition coefficient (Wildman–Crippen LogP) is 7.47. The second kappa shape index (κ2) is 13.1. The molecule has 0 saturated heterocycles. The zero-order chi connectivity index (χ0) is 29.6. The van der Waals surface area contributed by atoms with Crippen LogP contribution in [-0.4, -0.2) is 53.0 Å². The number of ether oxygens (including phenoxy) is 1. The molecule has 0 fully saturated rings. The Morgan fingerprint density at radius 3 is 2.60 bits per heavy atom. The maximum Gasteiger partial charge on any atom is 0.255 e. The highest BCUT2D eigenvalue weighted by molar-refractivity contribution is 7.15. The van der Waals surface area contributed by atoms with Crippen molar-refractivity contribution in [1.29, 1.82) is 0 Å². The van der Waals surface area contributed by atoms with Crippen molar-refractivity contribution >= 4 is 46.2 Å². The first-order chi connectivity index (χ1) is 20.2. The highest BCUT2D eigenvalue weighted by Gasteiger charge is 2.17. The molecule has 1 amide bonds. The Kier molecular flexibility index (Phi) is 9.12. The van der Waals surface area contributed by atoms with Crippen molar-refractivity contribution in [3.8, 4) is 27.6 Å². The Hall–Kier alpha value is -4.31. The van der Waals surface area contributed by atoms with Gasteiger partial charge in [0, 0.05) is 35.2 Å². The monoisotopic (exact) mass is 598 g/mol. The fourth-order valence-electron chi connectivity index (χ4n) is 4.24. The summed E-state index contributed by atoms with van der Waals surface area (Å²) in [6.07, 6.45) is 1.71. The van der Waals surface area contributed by atoms with Gasteiger partial charge in [-0.05, 0) is 76.5 Å². The lowest BCUT2D eigenvalue weighted by Crippen LogP contribution is -2.19. The summed E-state index contributed by atoms with van der Waals surface area (Å²) in [7, 11) is 3.99. The van der Waals surface area contributed by atoms with Gasteiger partial charge in [0.15, 0.2) is 0 Å². The number of nitrogens with one attached hydrogen (secondary N) is 2. The summed E-state index contributed by atoms with van der Waals surface area (Å²) in [6.45, 7) is 5.27. The van der Waals surface area contributed by atoms with Gasteiger partial charge in [0.05, 0.1) is 26.3 Å². The molecular formula is C32H31ClN6O2S. The fourth-order valence-corrected chi connectivity index (χ4v) is 5.38. The van der Waals surface area contributed by atoms with E-state index in [-0.39, 0.29) is 5.91 Å². The van der Waals surface area contributed by atoms with E-state index in [2.05, 4.69) is 15.6 Å². The number of likely N-dealkylation sites (N-methyl/N-ethyl adjacent to an activating group) is 1. The topological polar surface area (TPSA) is 92.3 Å². The number of anilines is 3. The predicted molar refractivity (Wildman–Crippen MR) is 171 cm³/mol. The van der Waals surface area contributed by atoms with E-state index in [9.17, 15) is 4.79 Å². The number of nitrogens with zero attached hydrogens (tertiary/aromatic N) is 4. The van der Waals surface area contributed by atoms with Crippen LogP contribution in [0, 0.1) is 13.8 Å². The molecule has 42 heavy (non-hydrogen) atoms. The van der Waals surface area contributed by atoms with Gasteiger partial charge in [-0.3, -0.25) is 4.79 Å². The van der Waals surface area contributed by atoms with Crippen LogP contribution in [0.3, 0.4) is 0 Å². The first kappa shape index (κ1) is 29.2. The van der Waals surface area contributed by atoms with Crippen LogP contribution in [0.2, 0.25) is 5.02 Å².